The van der Waals surface area contributed by atoms with Crippen LogP contribution in [0.15, 0.2) is 5.38 Å². The Morgan fingerprint density at radius 2 is 2.13 bits per heavy atom. The maximum atomic E-state index is 6.22. The van der Waals surface area contributed by atoms with Crippen LogP contribution in [0.1, 0.15) is 29.7 Å². The van der Waals surface area contributed by atoms with Crippen LogP contribution in [0.3, 0.4) is 0 Å². The van der Waals surface area contributed by atoms with Gasteiger partial charge in [-0.1, -0.05) is 0 Å². The number of aryl methyl sites for hydroxylation is 2. The number of hydrogen-bond acceptors (Lipinski definition) is 3. The lowest BCUT2D eigenvalue weighted by atomic mass is 9.94. The molecule has 1 aliphatic carbocycles. The van der Waals surface area contributed by atoms with E-state index in [1.165, 1.54) is 34.4 Å². The van der Waals surface area contributed by atoms with Crippen molar-refractivity contribution in [1.29, 1.82) is 0 Å². The fourth-order valence-corrected chi connectivity index (χ4v) is 3.32. The topological polar surface area (TPSA) is 38.9 Å². The van der Waals surface area contributed by atoms with Gasteiger partial charge in [-0.25, -0.2) is 0 Å². The van der Waals surface area contributed by atoms with Gasteiger partial charge in [0.25, 0.3) is 0 Å². The zero-order chi connectivity index (χ0) is 10.4. The zero-order valence-corrected chi connectivity index (χ0v) is 9.66. The van der Waals surface area contributed by atoms with Gasteiger partial charge in [0.1, 0.15) is 0 Å². The van der Waals surface area contributed by atoms with Crippen molar-refractivity contribution in [3.63, 3.8) is 0 Å². The van der Waals surface area contributed by atoms with Crippen LogP contribution < -0.4 is 5.73 Å². The highest BCUT2D eigenvalue weighted by Gasteiger charge is 2.17. The van der Waals surface area contributed by atoms with Crippen LogP contribution in [-0.2, 0) is 12.8 Å². The molecule has 0 aliphatic heterocycles. The SMILES string of the molecule is Cc1csc2c(N)c3c(nc12)CCCC3. The Balaban J connectivity index is 2.37. The van der Waals surface area contributed by atoms with Crippen LogP contribution in [0.5, 0.6) is 0 Å². The van der Waals surface area contributed by atoms with Gasteiger partial charge in [0, 0.05) is 5.69 Å². The summed E-state index contributed by atoms with van der Waals surface area (Å²) in [6.45, 7) is 2.11. The van der Waals surface area contributed by atoms with E-state index in [1.54, 1.807) is 11.3 Å². The minimum absolute atomic E-state index is 0.993. The Morgan fingerprint density at radius 1 is 1.33 bits per heavy atom. The van der Waals surface area contributed by atoms with E-state index in [0.29, 0.717) is 0 Å². The van der Waals surface area contributed by atoms with Gasteiger partial charge in [-0.15, -0.1) is 11.3 Å². The van der Waals surface area contributed by atoms with Gasteiger partial charge in [0.2, 0.25) is 0 Å². The summed E-state index contributed by atoms with van der Waals surface area (Å²) in [6, 6.07) is 0. The lowest BCUT2D eigenvalue weighted by molar-refractivity contribution is 0.673. The van der Waals surface area contributed by atoms with E-state index in [4.69, 9.17) is 10.7 Å². The predicted molar refractivity (Wildman–Crippen MR) is 65.4 cm³/mol. The van der Waals surface area contributed by atoms with Crippen LogP contribution in [-0.4, -0.2) is 4.98 Å². The van der Waals surface area contributed by atoms with Gasteiger partial charge in [0.15, 0.2) is 0 Å². The standard InChI is InChI=1S/C12H14N2S/c1-7-6-15-12-10(13)8-4-2-3-5-9(8)14-11(7)12/h6H,2-5H2,1H3,(H2,13,14). The number of rotatable bonds is 0. The molecule has 2 aromatic heterocycles. The van der Waals surface area contributed by atoms with Crippen molar-refractivity contribution in [2.75, 3.05) is 5.73 Å². The predicted octanol–water partition coefficient (Wildman–Crippen LogP) is 3.07. The highest BCUT2D eigenvalue weighted by atomic mass is 32.1. The molecule has 2 N–H and O–H groups in total. The van der Waals surface area contributed by atoms with E-state index >= 15 is 0 Å². The van der Waals surface area contributed by atoms with Crippen LogP contribution in [0.4, 0.5) is 5.69 Å². The van der Waals surface area contributed by atoms with Gasteiger partial charge in [-0.05, 0) is 49.1 Å². The second-order valence-corrected chi connectivity index (χ2v) is 5.13. The number of aromatic nitrogens is 1. The van der Waals surface area contributed by atoms with E-state index in [2.05, 4.69) is 12.3 Å². The number of pyridine rings is 1. The van der Waals surface area contributed by atoms with Gasteiger partial charge < -0.3 is 5.73 Å². The van der Waals surface area contributed by atoms with E-state index in [0.717, 1.165) is 24.0 Å². The molecule has 0 amide bonds. The van der Waals surface area contributed by atoms with Crippen molar-refractivity contribution in [3.05, 3.63) is 22.2 Å². The fraction of sp³-hybridized carbons (Fsp3) is 0.417. The number of thiophene rings is 1. The molecule has 0 radical (unpaired) electrons. The van der Waals surface area contributed by atoms with Crippen molar-refractivity contribution >= 4 is 27.2 Å². The molecule has 0 saturated carbocycles. The van der Waals surface area contributed by atoms with E-state index in [-0.39, 0.29) is 0 Å². The second kappa shape index (κ2) is 3.20. The molecule has 3 heteroatoms. The highest BCUT2D eigenvalue weighted by molar-refractivity contribution is 7.18. The Labute approximate surface area is 93.1 Å². The molecule has 0 saturated heterocycles. The molecule has 1 aliphatic rings. The molecule has 15 heavy (non-hydrogen) atoms. The van der Waals surface area contributed by atoms with Gasteiger partial charge in [-0.3, -0.25) is 4.98 Å². The molecule has 0 fully saturated rings. The van der Waals surface area contributed by atoms with E-state index < -0.39 is 0 Å². The quantitative estimate of drug-likeness (QED) is 0.738. The van der Waals surface area contributed by atoms with Crippen molar-refractivity contribution in [1.82, 2.24) is 4.98 Å². The van der Waals surface area contributed by atoms with Crippen molar-refractivity contribution in [2.24, 2.45) is 0 Å². The molecule has 0 atom stereocenters. The third kappa shape index (κ3) is 1.26. The number of hydrogen-bond donors (Lipinski definition) is 1. The van der Waals surface area contributed by atoms with E-state index in [9.17, 15) is 0 Å². The third-order valence-electron chi connectivity index (χ3n) is 3.20. The first-order valence-corrected chi connectivity index (χ1v) is 6.30. The zero-order valence-electron chi connectivity index (χ0n) is 8.84. The molecule has 2 heterocycles. The molecule has 0 bridgehead atoms. The summed E-state index contributed by atoms with van der Waals surface area (Å²) in [5.74, 6) is 0. The van der Waals surface area contributed by atoms with Crippen LogP contribution in [0.2, 0.25) is 0 Å². The summed E-state index contributed by atoms with van der Waals surface area (Å²) < 4.78 is 1.19. The number of nitrogens with zero attached hydrogens (tertiary/aromatic N) is 1. The summed E-state index contributed by atoms with van der Waals surface area (Å²) in [4.78, 5) is 4.77. The van der Waals surface area contributed by atoms with Crippen molar-refractivity contribution < 1.29 is 0 Å². The lowest BCUT2D eigenvalue weighted by Crippen LogP contribution is -2.08. The van der Waals surface area contributed by atoms with Crippen molar-refractivity contribution in [3.8, 4) is 0 Å². The first-order chi connectivity index (χ1) is 7.27. The fourth-order valence-electron chi connectivity index (χ4n) is 2.34. The van der Waals surface area contributed by atoms with Gasteiger partial charge >= 0.3 is 0 Å². The first-order valence-electron chi connectivity index (χ1n) is 5.42. The summed E-state index contributed by atoms with van der Waals surface area (Å²) in [6.07, 6.45) is 4.73. The maximum absolute atomic E-state index is 6.22. The van der Waals surface area contributed by atoms with Crippen LogP contribution >= 0.6 is 11.3 Å². The summed E-state index contributed by atoms with van der Waals surface area (Å²) in [5.41, 5.74) is 12.2. The Hall–Kier alpha value is -1.09. The maximum Gasteiger partial charge on any atom is 0.0863 e. The molecule has 0 spiro atoms. The average molecular weight is 218 g/mol. The number of nitrogen functional groups attached to an aromatic ring is 1. The molecule has 3 rings (SSSR count). The number of fused-ring (bicyclic) bond motifs is 2. The minimum atomic E-state index is 0.993. The monoisotopic (exact) mass is 218 g/mol. The normalized spacial score (nSPS) is 15.5. The molecule has 2 aromatic rings. The first kappa shape index (κ1) is 9.16. The molecule has 0 aromatic carbocycles. The van der Waals surface area contributed by atoms with Crippen LogP contribution in [0.25, 0.3) is 10.2 Å². The Bertz CT molecular complexity index is 528. The smallest absolute Gasteiger partial charge is 0.0863 e. The molecular weight excluding hydrogens is 204 g/mol. The second-order valence-electron chi connectivity index (χ2n) is 4.25. The third-order valence-corrected chi connectivity index (χ3v) is 4.32. The Morgan fingerprint density at radius 3 is 3.00 bits per heavy atom. The largest absolute Gasteiger partial charge is 0.397 e. The minimum Gasteiger partial charge on any atom is -0.397 e. The average Bonchev–Trinajstić information content (AvgIpc) is 2.62. The summed E-state index contributed by atoms with van der Waals surface area (Å²) in [7, 11) is 0. The van der Waals surface area contributed by atoms with Crippen molar-refractivity contribution in [2.45, 2.75) is 32.6 Å². The number of anilines is 1. The number of nitrogens with two attached hydrogens (primary N) is 1. The summed E-state index contributed by atoms with van der Waals surface area (Å²) in [5, 5.41) is 2.15. The van der Waals surface area contributed by atoms with Gasteiger partial charge in [0.05, 0.1) is 15.9 Å². The van der Waals surface area contributed by atoms with Crippen LogP contribution in [0, 0.1) is 6.92 Å². The highest BCUT2D eigenvalue weighted by Crippen LogP contribution is 2.35. The lowest BCUT2D eigenvalue weighted by Gasteiger charge is -2.17. The Kier molecular flexibility index (Phi) is 1.96. The molecule has 78 valence electrons. The molecule has 0 unspecified atom stereocenters. The van der Waals surface area contributed by atoms with Gasteiger partial charge in [-0.2, -0.15) is 0 Å². The summed E-state index contributed by atoms with van der Waals surface area (Å²) >= 11 is 1.73. The van der Waals surface area contributed by atoms with E-state index in [1.807, 2.05) is 0 Å². The molecular formula is C12H14N2S. The molecule has 2 nitrogen and oxygen atoms in total.